The van der Waals surface area contributed by atoms with Crippen molar-refractivity contribution in [3.63, 3.8) is 0 Å². The molecule has 0 amide bonds. The van der Waals surface area contributed by atoms with Crippen molar-refractivity contribution < 1.29 is 13.6 Å². The third-order valence-corrected chi connectivity index (χ3v) is 14.2. The third-order valence-electron chi connectivity index (χ3n) is 13.2. The number of fused-ring (bicyclic) bond motifs is 2. The van der Waals surface area contributed by atoms with Crippen molar-refractivity contribution in [3.8, 4) is 17.2 Å². The largest absolute Gasteiger partial charge is 0.530 e. The van der Waals surface area contributed by atoms with Gasteiger partial charge in [0, 0.05) is 39.2 Å². The summed E-state index contributed by atoms with van der Waals surface area (Å²) in [5.74, 6) is 2.36. The summed E-state index contributed by atoms with van der Waals surface area (Å²) < 4.78 is 21.7. The van der Waals surface area contributed by atoms with Crippen molar-refractivity contribution in [1.82, 2.24) is 0 Å². The highest BCUT2D eigenvalue weighted by molar-refractivity contribution is 7.43. The van der Waals surface area contributed by atoms with Crippen LogP contribution >= 0.6 is 8.60 Å². The van der Waals surface area contributed by atoms with Crippen LogP contribution in [0.2, 0.25) is 0 Å². The smallest absolute Gasteiger partial charge is 0.408 e. The van der Waals surface area contributed by atoms with Crippen LogP contribution in [0.1, 0.15) is 122 Å². The minimum Gasteiger partial charge on any atom is -0.408 e. The van der Waals surface area contributed by atoms with E-state index in [2.05, 4.69) is 233 Å². The Morgan fingerprint density at radius 3 is 1.07 bits per heavy atom. The molecule has 0 atom stereocenters. The summed E-state index contributed by atoms with van der Waals surface area (Å²) in [5.41, 5.74) is 12.6. The first-order valence-electron chi connectivity index (χ1n) is 21.6. The molecule has 0 unspecified atom stereocenters. The van der Waals surface area contributed by atoms with Crippen molar-refractivity contribution >= 4 is 8.60 Å². The van der Waals surface area contributed by atoms with Crippen molar-refractivity contribution in [2.75, 3.05) is 0 Å². The van der Waals surface area contributed by atoms with Crippen molar-refractivity contribution in [2.45, 2.75) is 97.3 Å². The Hall–Kier alpha value is -5.63. The molecule has 4 heteroatoms. The van der Waals surface area contributed by atoms with Gasteiger partial charge >= 0.3 is 8.60 Å². The lowest BCUT2D eigenvalue weighted by Crippen LogP contribution is -2.27. The van der Waals surface area contributed by atoms with Gasteiger partial charge < -0.3 is 13.6 Å². The summed E-state index contributed by atoms with van der Waals surface area (Å²) >= 11 is 0. The summed E-state index contributed by atoms with van der Waals surface area (Å²) in [6.07, 6.45) is 0.602. The van der Waals surface area contributed by atoms with E-state index in [1.54, 1.807) is 0 Å². The zero-order valence-corrected chi connectivity index (χ0v) is 38.4. The van der Waals surface area contributed by atoms with E-state index in [1.807, 2.05) is 0 Å². The monoisotopic (exact) mass is 822 g/mol. The zero-order chi connectivity index (χ0) is 43.2. The maximum Gasteiger partial charge on any atom is 0.530 e. The average molecular weight is 823 g/mol. The summed E-state index contributed by atoms with van der Waals surface area (Å²) in [4.78, 5) is 0. The van der Waals surface area contributed by atoms with Gasteiger partial charge in [-0.15, -0.1) is 0 Å². The Bertz CT molecular complexity index is 2470. The topological polar surface area (TPSA) is 27.7 Å². The zero-order valence-electron chi connectivity index (χ0n) is 37.5. The van der Waals surface area contributed by atoms with E-state index in [0.29, 0.717) is 6.42 Å². The summed E-state index contributed by atoms with van der Waals surface area (Å²) in [6.45, 7) is 22.8. The van der Waals surface area contributed by atoms with Gasteiger partial charge in [-0.05, 0) is 81.6 Å². The summed E-state index contributed by atoms with van der Waals surface area (Å²) in [5, 5.41) is 0. The van der Waals surface area contributed by atoms with Gasteiger partial charge in [0.2, 0.25) is 0 Å². The van der Waals surface area contributed by atoms with Crippen LogP contribution in [0.15, 0.2) is 164 Å². The van der Waals surface area contributed by atoms with E-state index in [4.69, 9.17) is 13.6 Å². The molecule has 8 rings (SSSR count). The summed E-state index contributed by atoms with van der Waals surface area (Å²) in [6, 6.07) is 59.1. The molecule has 0 saturated carbocycles. The molecule has 61 heavy (non-hydrogen) atoms. The highest BCUT2D eigenvalue weighted by Crippen LogP contribution is 2.55. The minimum atomic E-state index is -2.02. The lowest BCUT2D eigenvalue weighted by atomic mass is 9.70. The fourth-order valence-corrected chi connectivity index (χ4v) is 10.2. The fourth-order valence-electron chi connectivity index (χ4n) is 9.05. The van der Waals surface area contributed by atoms with Crippen LogP contribution in [0.5, 0.6) is 17.2 Å². The lowest BCUT2D eigenvalue weighted by Gasteiger charge is -2.37. The van der Waals surface area contributed by atoms with Crippen LogP contribution < -0.4 is 13.6 Å². The maximum atomic E-state index is 7.35. The molecule has 0 bridgehead atoms. The number of hydrogen-bond donors (Lipinski definition) is 0. The van der Waals surface area contributed by atoms with E-state index < -0.39 is 19.4 Å². The highest BCUT2D eigenvalue weighted by atomic mass is 31.2. The average Bonchev–Trinajstić information content (AvgIpc) is 3.24. The second kappa shape index (κ2) is 16.3. The van der Waals surface area contributed by atoms with Gasteiger partial charge in [-0.1, -0.05) is 207 Å². The van der Waals surface area contributed by atoms with Crippen molar-refractivity contribution in [2.24, 2.45) is 0 Å². The number of benzene rings is 7. The van der Waals surface area contributed by atoms with Crippen LogP contribution in [-0.2, 0) is 28.1 Å². The first-order chi connectivity index (χ1) is 29.0. The van der Waals surface area contributed by atoms with E-state index in [1.165, 1.54) is 33.4 Å². The second-order valence-electron chi connectivity index (χ2n) is 19.0. The van der Waals surface area contributed by atoms with Gasteiger partial charge in [0.25, 0.3) is 0 Å². The predicted molar refractivity (Wildman–Crippen MR) is 255 cm³/mol. The number of aryl methyl sites for hydroxylation is 2. The third kappa shape index (κ3) is 8.26. The molecule has 0 spiro atoms. The Balaban J connectivity index is 1.44. The van der Waals surface area contributed by atoms with E-state index in [9.17, 15) is 0 Å². The molecule has 0 radical (unpaired) electrons. The molecule has 3 nitrogen and oxygen atoms in total. The molecule has 0 aliphatic carbocycles. The molecule has 1 aliphatic heterocycles. The van der Waals surface area contributed by atoms with Gasteiger partial charge in [-0.3, -0.25) is 0 Å². The molecule has 1 heterocycles. The van der Waals surface area contributed by atoms with Gasteiger partial charge in [-0.25, -0.2) is 0 Å². The van der Waals surface area contributed by atoms with Gasteiger partial charge in [-0.2, -0.15) is 0 Å². The molecule has 1 aliphatic rings. The van der Waals surface area contributed by atoms with Crippen molar-refractivity contribution in [1.29, 1.82) is 0 Å². The Kier molecular flexibility index (Phi) is 11.3. The molecule has 7 aromatic carbocycles. The molecule has 7 aromatic rings. The Morgan fingerprint density at radius 2 is 0.721 bits per heavy atom. The Morgan fingerprint density at radius 1 is 0.393 bits per heavy atom. The standard InChI is InChI=1S/C57H59O3P/c1-39-31-40(2)33-49(32-39)58-61-59-52-41(35-47(54(3,4)43-23-15-11-16-24-43)37-50(52)56(7,8)45-27-19-13-20-28-45)34-42-36-48(55(5,6)44-25-17-12-18-26-44)38-51(53(42)60-61)57(9,10)46-29-21-14-22-30-46/h11-33,35-38H,34H2,1-10H3. The van der Waals surface area contributed by atoms with Gasteiger partial charge in [0.05, 0.1) is 0 Å². The molecule has 0 aromatic heterocycles. The molecule has 0 saturated heterocycles. The molecule has 0 fully saturated rings. The Labute approximate surface area is 365 Å². The van der Waals surface area contributed by atoms with Crippen LogP contribution in [0, 0.1) is 13.8 Å². The number of hydrogen-bond acceptors (Lipinski definition) is 3. The predicted octanol–water partition coefficient (Wildman–Crippen LogP) is 15.3. The van der Waals surface area contributed by atoms with E-state index in [0.717, 1.165) is 50.6 Å². The van der Waals surface area contributed by atoms with Crippen molar-refractivity contribution in [3.05, 3.63) is 231 Å². The van der Waals surface area contributed by atoms with Gasteiger partial charge in [0.15, 0.2) is 0 Å². The van der Waals surface area contributed by atoms with Gasteiger partial charge in [0.1, 0.15) is 17.2 Å². The second-order valence-corrected chi connectivity index (χ2v) is 20.0. The summed E-state index contributed by atoms with van der Waals surface area (Å²) in [7, 11) is -2.02. The molecule has 0 N–H and O–H groups in total. The number of rotatable bonds is 10. The maximum absolute atomic E-state index is 7.35. The minimum absolute atomic E-state index is 0.308. The molecule has 310 valence electrons. The van der Waals surface area contributed by atoms with Crippen LogP contribution in [0.4, 0.5) is 0 Å². The van der Waals surface area contributed by atoms with E-state index in [-0.39, 0.29) is 10.8 Å². The van der Waals surface area contributed by atoms with Crippen LogP contribution in [0.3, 0.4) is 0 Å². The lowest BCUT2D eigenvalue weighted by molar-refractivity contribution is 0.371. The SMILES string of the molecule is Cc1cc(C)cc(OP2Oc3c(cc(C(C)(C)c4ccccc4)cc3C(C)(C)c3ccccc3)Cc3cc(C(C)(C)c4ccccc4)cc(C(C)(C)c4ccccc4)c3O2)c1. The van der Waals surface area contributed by atoms with Crippen LogP contribution in [0.25, 0.3) is 0 Å². The van der Waals surface area contributed by atoms with E-state index >= 15 is 0 Å². The first kappa shape index (κ1) is 42.1. The highest BCUT2D eigenvalue weighted by Gasteiger charge is 2.39. The molecular weight excluding hydrogens is 764 g/mol. The van der Waals surface area contributed by atoms with Crippen LogP contribution in [-0.4, -0.2) is 0 Å². The quantitative estimate of drug-likeness (QED) is 0.129. The fraction of sp³-hybridized carbons (Fsp3) is 0.263. The normalized spacial score (nSPS) is 13.5. The first-order valence-corrected chi connectivity index (χ1v) is 22.6. The molecular formula is C57H59O3P.